The van der Waals surface area contributed by atoms with Crippen LogP contribution in [0.4, 0.5) is 5.69 Å². The van der Waals surface area contributed by atoms with Crippen LogP contribution in [-0.4, -0.2) is 29.7 Å². The van der Waals surface area contributed by atoms with Gasteiger partial charge in [-0.1, -0.05) is 17.7 Å². The zero-order valence-electron chi connectivity index (χ0n) is 12.9. The topological polar surface area (TPSA) is 84.9 Å². The lowest BCUT2D eigenvalue weighted by Crippen LogP contribution is -2.30. The maximum Gasteiger partial charge on any atom is 0.341 e. The van der Waals surface area contributed by atoms with E-state index in [-0.39, 0.29) is 5.91 Å². The van der Waals surface area contributed by atoms with Crippen LogP contribution in [0.15, 0.2) is 48.5 Å². The van der Waals surface area contributed by atoms with Crippen LogP contribution in [0, 0.1) is 0 Å². The van der Waals surface area contributed by atoms with Crippen LogP contribution in [-0.2, 0) is 9.59 Å². The third-order valence-electron chi connectivity index (χ3n) is 2.96. The summed E-state index contributed by atoms with van der Waals surface area (Å²) in [6.45, 7) is 1.21. The summed E-state index contributed by atoms with van der Waals surface area (Å²) in [6, 6.07) is 13.2. The van der Waals surface area contributed by atoms with Gasteiger partial charge in [0.1, 0.15) is 11.5 Å². The molecule has 6 nitrogen and oxygen atoms in total. The van der Waals surface area contributed by atoms with Gasteiger partial charge in [0.2, 0.25) is 0 Å². The molecule has 0 bridgehead atoms. The average Bonchev–Trinajstić information content (AvgIpc) is 2.54. The molecule has 0 saturated heterocycles. The summed E-state index contributed by atoms with van der Waals surface area (Å²) in [6.07, 6.45) is -0.716. The first-order valence-electron chi connectivity index (χ1n) is 7.12. The number of anilines is 1. The Balaban J connectivity index is 1.90. The van der Waals surface area contributed by atoms with Crippen LogP contribution >= 0.6 is 11.6 Å². The van der Waals surface area contributed by atoms with Crippen molar-refractivity contribution in [3.8, 4) is 11.5 Å². The molecule has 24 heavy (non-hydrogen) atoms. The Morgan fingerprint density at radius 1 is 1.17 bits per heavy atom. The second-order valence-corrected chi connectivity index (χ2v) is 5.35. The minimum Gasteiger partial charge on any atom is -0.482 e. The number of carboxylic acid groups (broad SMARTS) is 1. The Morgan fingerprint density at radius 3 is 2.50 bits per heavy atom. The third-order valence-corrected chi connectivity index (χ3v) is 3.20. The second kappa shape index (κ2) is 8.21. The lowest BCUT2D eigenvalue weighted by atomic mass is 10.2. The van der Waals surface area contributed by atoms with Crippen molar-refractivity contribution >= 4 is 29.2 Å². The average molecular weight is 350 g/mol. The molecule has 2 rings (SSSR count). The second-order valence-electron chi connectivity index (χ2n) is 4.91. The Hall–Kier alpha value is -2.73. The predicted octanol–water partition coefficient (Wildman–Crippen LogP) is 3.21. The van der Waals surface area contributed by atoms with Crippen LogP contribution in [0.25, 0.3) is 0 Å². The molecular weight excluding hydrogens is 334 g/mol. The van der Waals surface area contributed by atoms with Crippen molar-refractivity contribution < 1.29 is 24.2 Å². The van der Waals surface area contributed by atoms with E-state index in [1.807, 2.05) is 0 Å². The van der Waals surface area contributed by atoms with E-state index in [4.69, 9.17) is 26.2 Å². The quantitative estimate of drug-likeness (QED) is 0.801. The van der Waals surface area contributed by atoms with Gasteiger partial charge in [-0.25, -0.2) is 4.79 Å². The predicted molar refractivity (Wildman–Crippen MR) is 89.7 cm³/mol. The molecule has 0 fully saturated rings. The number of rotatable bonds is 7. The summed E-state index contributed by atoms with van der Waals surface area (Å²) in [4.78, 5) is 22.6. The highest BCUT2D eigenvalue weighted by molar-refractivity contribution is 6.30. The minimum atomic E-state index is -1.06. The Morgan fingerprint density at radius 2 is 1.88 bits per heavy atom. The van der Waals surface area contributed by atoms with Crippen molar-refractivity contribution in [2.24, 2.45) is 0 Å². The highest BCUT2D eigenvalue weighted by atomic mass is 35.5. The van der Waals surface area contributed by atoms with Gasteiger partial charge in [-0.3, -0.25) is 4.79 Å². The Labute approximate surface area is 144 Å². The molecule has 0 aliphatic rings. The number of carbonyl (C=O) groups is 2. The number of aliphatic carboxylic acids is 1. The smallest absolute Gasteiger partial charge is 0.341 e. The first kappa shape index (κ1) is 17.6. The molecule has 2 N–H and O–H groups in total. The zero-order valence-corrected chi connectivity index (χ0v) is 13.6. The number of ether oxygens (including phenoxy) is 2. The normalized spacial score (nSPS) is 11.4. The fourth-order valence-corrected chi connectivity index (χ4v) is 2.00. The first-order valence-corrected chi connectivity index (χ1v) is 7.49. The van der Waals surface area contributed by atoms with Crippen LogP contribution in [0.1, 0.15) is 6.92 Å². The lowest BCUT2D eigenvalue weighted by molar-refractivity contribution is -0.139. The maximum atomic E-state index is 12.1. The number of hydrogen-bond acceptors (Lipinski definition) is 4. The summed E-state index contributed by atoms with van der Waals surface area (Å²) in [5.41, 5.74) is 0.546. The molecular formula is C17H16ClNO5. The van der Waals surface area contributed by atoms with Crippen molar-refractivity contribution in [2.45, 2.75) is 13.0 Å². The molecule has 2 aromatic rings. The van der Waals surface area contributed by atoms with Gasteiger partial charge in [0.15, 0.2) is 12.7 Å². The summed E-state index contributed by atoms with van der Waals surface area (Å²) >= 11 is 5.87. The van der Waals surface area contributed by atoms with E-state index in [0.29, 0.717) is 22.2 Å². The van der Waals surface area contributed by atoms with Crippen molar-refractivity contribution in [1.82, 2.24) is 0 Å². The Kier molecular flexibility index (Phi) is 6.03. The van der Waals surface area contributed by atoms with E-state index in [1.165, 1.54) is 0 Å². The monoisotopic (exact) mass is 349 g/mol. The van der Waals surface area contributed by atoms with Crippen LogP contribution in [0.3, 0.4) is 0 Å². The summed E-state index contributed by atoms with van der Waals surface area (Å²) in [5, 5.41) is 11.8. The molecule has 0 aliphatic carbocycles. The molecule has 0 aliphatic heterocycles. The van der Waals surface area contributed by atoms with E-state index < -0.39 is 18.7 Å². The van der Waals surface area contributed by atoms with Crippen LogP contribution < -0.4 is 14.8 Å². The largest absolute Gasteiger partial charge is 0.482 e. The summed E-state index contributed by atoms with van der Waals surface area (Å²) < 4.78 is 10.5. The van der Waals surface area contributed by atoms with Crippen molar-refractivity contribution in [2.75, 3.05) is 11.9 Å². The number of halogens is 1. The molecule has 0 saturated carbocycles. The summed E-state index contributed by atoms with van der Waals surface area (Å²) in [7, 11) is 0. The minimum absolute atomic E-state index is 0.325. The molecule has 1 amide bonds. The van der Waals surface area contributed by atoms with Gasteiger partial charge in [0.25, 0.3) is 5.91 Å². The van der Waals surface area contributed by atoms with E-state index in [2.05, 4.69) is 5.32 Å². The highest BCUT2D eigenvalue weighted by Crippen LogP contribution is 2.19. The van der Waals surface area contributed by atoms with Gasteiger partial charge < -0.3 is 19.9 Å². The fourth-order valence-electron chi connectivity index (χ4n) is 1.82. The number of nitrogens with one attached hydrogen (secondary N) is 1. The number of carboxylic acids is 1. The molecule has 126 valence electrons. The van der Waals surface area contributed by atoms with Crippen LogP contribution in [0.5, 0.6) is 11.5 Å². The Bertz CT molecular complexity index is 717. The molecule has 1 atom stereocenters. The lowest BCUT2D eigenvalue weighted by Gasteiger charge is -2.15. The summed E-state index contributed by atoms with van der Waals surface area (Å²) in [5.74, 6) is -0.477. The molecule has 1 unspecified atom stereocenters. The van der Waals surface area contributed by atoms with Gasteiger partial charge in [-0.05, 0) is 49.4 Å². The van der Waals surface area contributed by atoms with Gasteiger partial charge >= 0.3 is 5.97 Å². The van der Waals surface area contributed by atoms with E-state index >= 15 is 0 Å². The van der Waals surface area contributed by atoms with Crippen LogP contribution in [0.2, 0.25) is 5.02 Å². The van der Waals surface area contributed by atoms with Gasteiger partial charge in [-0.15, -0.1) is 0 Å². The van der Waals surface area contributed by atoms with E-state index in [0.717, 1.165) is 0 Å². The van der Waals surface area contributed by atoms with Crippen molar-refractivity contribution in [3.63, 3.8) is 0 Å². The van der Waals surface area contributed by atoms with Crippen molar-refractivity contribution in [3.05, 3.63) is 53.6 Å². The molecule has 0 spiro atoms. The number of carbonyl (C=O) groups excluding carboxylic acids is 1. The van der Waals surface area contributed by atoms with Gasteiger partial charge in [0.05, 0.1) is 0 Å². The van der Waals surface area contributed by atoms with E-state index in [9.17, 15) is 9.59 Å². The zero-order chi connectivity index (χ0) is 17.5. The first-order chi connectivity index (χ1) is 11.4. The molecule has 2 aromatic carbocycles. The van der Waals surface area contributed by atoms with Gasteiger partial charge in [0, 0.05) is 10.7 Å². The highest BCUT2D eigenvalue weighted by Gasteiger charge is 2.15. The maximum absolute atomic E-state index is 12.1. The standard InChI is InChI=1S/C17H16ClNO5/c1-11(24-15-4-2-3-12(18)9-15)17(22)19-13-5-7-14(8-6-13)23-10-16(20)21/h2-9,11H,10H2,1H3,(H,19,22)(H,20,21). The molecule has 0 aromatic heterocycles. The van der Waals surface area contributed by atoms with Crippen molar-refractivity contribution in [1.29, 1.82) is 0 Å². The number of hydrogen-bond donors (Lipinski definition) is 2. The molecule has 0 radical (unpaired) electrons. The SMILES string of the molecule is CC(Oc1cccc(Cl)c1)C(=O)Nc1ccc(OCC(=O)O)cc1. The number of benzene rings is 2. The van der Waals surface area contributed by atoms with Gasteiger partial charge in [-0.2, -0.15) is 0 Å². The van der Waals surface area contributed by atoms with E-state index in [1.54, 1.807) is 55.5 Å². The fraction of sp³-hybridized carbons (Fsp3) is 0.176. The molecule has 0 heterocycles. The number of amides is 1. The molecule has 7 heteroatoms. The third kappa shape index (κ3) is 5.48.